The molecular weight excluding hydrogens is 198 g/mol. The van der Waals surface area contributed by atoms with Crippen LogP contribution in [0, 0.1) is 0 Å². The third-order valence-corrected chi connectivity index (χ3v) is 2.76. The summed E-state index contributed by atoms with van der Waals surface area (Å²) in [5.74, 6) is 0. The molecule has 78 valence electrons. The van der Waals surface area contributed by atoms with Crippen molar-refractivity contribution in [1.82, 2.24) is 4.98 Å². The van der Waals surface area contributed by atoms with Crippen LogP contribution in [0.25, 0.3) is 21.8 Å². The molecule has 2 aromatic carbocycles. The second-order valence-corrected chi connectivity index (χ2v) is 3.82. The first-order valence-corrected chi connectivity index (χ1v) is 5.09. The summed E-state index contributed by atoms with van der Waals surface area (Å²) >= 11 is 0. The Morgan fingerprint density at radius 3 is 1.75 bits per heavy atom. The summed E-state index contributed by atoms with van der Waals surface area (Å²) in [6.07, 6.45) is 0. The Morgan fingerprint density at radius 2 is 1.25 bits per heavy atom. The van der Waals surface area contributed by atoms with Gasteiger partial charge in [-0.1, -0.05) is 12.1 Å². The number of nitrogens with zero attached hydrogens (tertiary/aromatic N) is 1. The Hall–Kier alpha value is -2.29. The Labute approximate surface area is 92.7 Å². The van der Waals surface area contributed by atoms with E-state index >= 15 is 0 Å². The normalized spacial score (nSPS) is 11.0. The Morgan fingerprint density at radius 1 is 0.750 bits per heavy atom. The second-order valence-electron chi connectivity index (χ2n) is 3.82. The predicted molar refractivity (Wildman–Crippen MR) is 68.1 cm³/mol. The number of nitrogen functional groups attached to an aromatic ring is 2. The van der Waals surface area contributed by atoms with Crippen LogP contribution < -0.4 is 11.5 Å². The lowest BCUT2D eigenvalue weighted by atomic mass is 10.1. The molecular formula is C13H11N3. The van der Waals surface area contributed by atoms with E-state index in [1.807, 2.05) is 42.5 Å². The maximum Gasteiger partial charge on any atom is 0.0730 e. The topological polar surface area (TPSA) is 64.9 Å². The monoisotopic (exact) mass is 209 g/mol. The molecule has 3 heteroatoms. The van der Waals surface area contributed by atoms with Crippen molar-refractivity contribution in [2.45, 2.75) is 0 Å². The first-order chi connectivity index (χ1) is 7.75. The van der Waals surface area contributed by atoms with Crippen molar-refractivity contribution in [3.05, 3.63) is 42.5 Å². The molecule has 0 aliphatic heterocycles. The van der Waals surface area contributed by atoms with Gasteiger partial charge in [0.1, 0.15) is 0 Å². The van der Waals surface area contributed by atoms with Crippen LogP contribution >= 0.6 is 0 Å². The van der Waals surface area contributed by atoms with Crippen molar-refractivity contribution in [3.63, 3.8) is 0 Å². The van der Waals surface area contributed by atoms with Crippen LogP contribution in [0.4, 0.5) is 11.4 Å². The third kappa shape index (κ3) is 1.18. The average molecular weight is 209 g/mol. The van der Waals surface area contributed by atoms with E-state index in [1.165, 1.54) is 0 Å². The number of pyridine rings is 1. The first-order valence-electron chi connectivity index (χ1n) is 5.09. The minimum absolute atomic E-state index is 0.732. The highest BCUT2D eigenvalue weighted by Crippen LogP contribution is 2.26. The van der Waals surface area contributed by atoms with Crippen molar-refractivity contribution in [2.75, 3.05) is 11.5 Å². The smallest absolute Gasteiger partial charge is 0.0730 e. The van der Waals surface area contributed by atoms with Gasteiger partial charge >= 0.3 is 0 Å². The number of hydrogen-bond donors (Lipinski definition) is 2. The maximum absolute atomic E-state index is 5.92. The fourth-order valence-electron chi connectivity index (χ4n) is 1.92. The van der Waals surface area contributed by atoms with E-state index in [1.54, 1.807) is 0 Å². The van der Waals surface area contributed by atoms with E-state index in [0.717, 1.165) is 33.2 Å². The Bertz CT molecular complexity index is 632. The molecule has 0 atom stereocenters. The van der Waals surface area contributed by atoms with Gasteiger partial charge in [-0.15, -0.1) is 0 Å². The summed E-state index contributed by atoms with van der Waals surface area (Å²) in [6, 6.07) is 13.5. The lowest BCUT2D eigenvalue weighted by Crippen LogP contribution is -1.92. The minimum Gasteiger partial charge on any atom is -0.398 e. The summed E-state index contributed by atoms with van der Waals surface area (Å²) < 4.78 is 0. The molecule has 4 N–H and O–H groups in total. The molecule has 0 fully saturated rings. The summed E-state index contributed by atoms with van der Waals surface area (Å²) in [5, 5.41) is 1.90. The number of fused-ring (bicyclic) bond motifs is 2. The zero-order valence-electron chi connectivity index (χ0n) is 8.64. The molecule has 0 saturated carbocycles. The zero-order valence-corrected chi connectivity index (χ0v) is 8.64. The molecule has 1 heterocycles. The standard InChI is InChI=1S/C13H11N3/c14-10-3-1-5-12-8(10)7-9-11(15)4-2-6-13(9)16-12/h1-7H,14-15H2. The van der Waals surface area contributed by atoms with Gasteiger partial charge in [-0.3, -0.25) is 0 Å². The van der Waals surface area contributed by atoms with E-state index in [-0.39, 0.29) is 0 Å². The molecule has 1 aromatic heterocycles. The molecule has 0 unspecified atom stereocenters. The molecule has 0 bridgehead atoms. The molecule has 3 nitrogen and oxygen atoms in total. The fraction of sp³-hybridized carbons (Fsp3) is 0. The Balaban J connectivity index is 2.55. The van der Waals surface area contributed by atoms with Gasteiger partial charge in [0.15, 0.2) is 0 Å². The van der Waals surface area contributed by atoms with Gasteiger partial charge < -0.3 is 11.5 Å². The van der Waals surface area contributed by atoms with Crippen LogP contribution in [0.3, 0.4) is 0 Å². The number of hydrogen-bond acceptors (Lipinski definition) is 3. The van der Waals surface area contributed by atoms with E-state index in [9.17, 15) is 0 Å². The Kier molecular flexibility index (Phi) is 1.74. The molecule has 0 aliphatic rings. The lowest BCUT2D eigenvalue weighted by molar-refractivity contribution is 1.50. The highest BCUT2D eigenvalue weighted by Gasteiger charge is 2.03. The van der Waals surface area contributed by atoms with E-state index in [0.29, 0.717) is 0 Å². The SMILES string of the molecule is Nc1cccc2nc3cccc(N)c3cc12. The van der Waals surface area contributed by atoms with Crippen LogP contribution in [0.5, 0.6) is 0 Å². The van der Waals surface area contributed by atoms with Crippen molar-refractivity contribution in [2.24, 2.45) is 0 Å². The van der Waals surface area contributed by atoms with Gasteiger partial charge in [0.05, 0.1) is 11.0 Å². The molecule has 3 rings (SSSR count). The van der Waals surface area contributed by atoms with Gasteiger partial charge in [-0.05, 0) is 30.3 Å². The van der Waals surface area contributed by atoms with E-state index in [2.05, 4.69) is 4.98 Å². The van der Waals surface area contributed by atoms with Gasteiger partial charge in [-0.25, -0.2) is 4.98 Å². The second kappa shape index (κ2) is 3.10. The lowest BCUT2D eigenvalue weighted by Gasteiger charge is -2.05. The maximum atomic E-state index is 5.92. The van der Waals surface area contributed by atoms with Crippen molar-refractivity contribution >= 4 is 33.2 Å². The average Bonchev–Trinajstić information content (AvgIpc) is 2.28. The summed E-state index contributed by atoms with van der Waals surface area (Å²) in [6.45, 7) is 0. The van der Waals surface area contributed by atoms with Gasteiger partial charge in [-0.2, -0.15) is 0 Å². The molecule has 0 aliphatic carbocycles. The molecule has 0 spiro atoms. The zero-order chi connectivity index (χ0) is 11.1. The van der Waals surface area contributed by atoms with Crippen molar-refractivity contribution in [3.8, 4) is 0 Å². The van der Waals surface area contributed by atoms with Crippen molar-refractivity contribution in [1.29, 1.82) is 0 Å². The van der Waals surface area contributed by atoms with Crippen LogP contribution in [0.1, 0.15) is 0 Å². The molecule has 3 aromatic rings. The van der Waals surface area contributed by atoms with Crippen LogP contribution in [0.15, 0.2) is 42.5 Å². The molecule has 0 radical (unpaired) electrons. The number of aromatic nitrogens is 1. The molecule has 0 amide bonds. The third-order valence-electron chi connectivity index (χ3n) is 2.76. The summed E-state index contributed by atoms with van der Waals surface area (Å²) in [4.78, 5) is 4.54. The van der Waals surface area contributed by atoms with Gasteiger partial charge in [0.25, 0.3) is 0 Å². The summed E-state index contributed by atoms with van der Waals surface area (Å²) in [5.41, 5.74) is 15.1. The number of rotatable bonds is 0. The quantitative estimate of drug-likeness (QED) is 0.441. The highest BCUT2D eigenvalue weighted by atomic mass is 14.7. The van der Waals surface area contributed by atoms with Crippen LogP contribution in [-0.4, -0.2) is 4.98 Å². The number of benzene rings is 2. The van der Waals surface area contributed by atoms with E-state index in [4.69, 9.17) is 11.5 Å². The van der Waals surface area contributed by atoms with Crippen LogP contribution in [-0.2, 0) is 0 Å². The fourth-order valence-corrected chi connectivity index (χ4v) is 1.92. The highest BCUT2D eigenvalue weighted by molar-refractivity contribution is 6.02. The summed E-state index contributed by atoms with van der Waals surface area (Å²) in [7, 11) is 0. The number of nitrogens with two attached hydrogens (primary N) is 2. The molecule has 16 heavy (non-hydrogen) atoms. The predicted octanol–water partition coefficient (Wildman–Crippen LogP) is 2.55. The molecule has 0 saturated heterocycles. The first kappa shape index (κ1) is 8.97. The number of anilines is 2. The van der Waals surface area contributed by atoms with Gasteiger partial charge in [0, 0.05) is 22.1 Å². The van der Waals surface area contributed by atoms with Crippen LogP contribution in [0.2, 0.25) is 0 Å². The van der Waals surface area contributed by atoms with Crippen molar-refractivity contribution < 1.29 is 0 Å². The minimum atomic E-state index is 0.732. The van der Waals surface area contributed by atoms with E-state index < -0.39 is 0 Å². The largest absolute Gasteiger partial charge is 0.398 e. The van der Waals surface area contributed by atoms with Gasteiger partial charge in [0.2, 0.25) is 0 Å².